The van der Waals surface area contributed by atoms with Crippen LogP contribution in [-0.4, -0.2) is 31.3 Å². The van der Waals surface area contributed by atoms with Crippen LogP contribution in [-0.2, 0) is 14.3 Å². The first-order valence-electron chi connectivity index (χ1n) is 3.70. The van der Waals surface area contributed by atoms with Gasteiger partial charge in [0.1, 0.15) is 6.10 Å². The summed E-state index contributed by atoms with van der Waals surface area (Å²) in [5.41, 5.74) is 5.67. The topological polar surface area (TPSA) is 61.5 Å². The van der Waals surface area contributed by atoms with E-state index in [0.717, 1.165) is 6.42 Å². The third-order valence-electron chi connectivity index (χ3n) is 1.67. The van der Waals surface area contributed by atoms with Crippen molar-refractivity contribution in [2.24, 2.45) is 5.73 Å². The van der Waals surface area contributed by atoms with Gasteiger partial charge in [0.25, 0.3) is 0 Å². The molecule has 0 amide bonds. The molecular weight excluding hydrogens is 146 g/mol. The zero-order chi connectivity index (χ0) is 8.27. The highest BCUT2D eigenvalue weighted by Crippen LogP contribution is 2.08. The highest BCUT2D eigenvalue weighted by Gasteiger charge is 2.24. The molecule has 0 aromatic rings. The minimum atomic E-state index is -0.295. The van der Waals surface area contributed by atoms with E-state index in [0.29, 0.717) is 13.2 Å². The van der Waals surface area contributed by atoms with Crippen LogP contribution in [0.3, 0.4) is 0 Å². The van der Waals surface area contributed by atoms with Gasteiger partial charge in [-0.15, -0.1) is 0 Å². The van der Waals surface area contributed by atoms with Crippen molar-refractivity contribution in [3.63, 3.8) is 0 Å². The Morgan fingerprint density at radius 2 is 2.45 bits per heavy atom. The quantitative estimate of drug-likeness (QED) is 0.532. The van der Waals surface area contributed by atoms with E-state index in [-0.39, 0.29) is 18.1 Å². The summed E-state index contributed by atoms with van der Waals surface area (Å²) in [5.74, 6) is -0.295. The molecule has 1 heterocycles. The fourth-order valence-corrected chi connectivity index (χ4v) is 1.06. The van der Waals surface area contributed by atoms with Gasteiger partial charge >= 0.3 is 5.97 Å². The lowest BCUT2D eigenvalue weighted by atomic mass is 10.1. The maximum atomic E-state index is 10.5. The third kappa shape index (κ3) is 2.48. The fourth-order valence-electron chi connectivity index (χ4n) is 1.06. The Morgan fingerprint density at radius 3 is 3.00 bits per heavy atom. The highest BCUT2D eigenvalue weighted by molar-refractivity contribution is 5.66. The molecule has 0 aromatic carbocycles. The van der Waals surface area contributed by atoms with Gasteiger partial charge in [0.15, 0.2) is 0 Å². The predicted octanol–water partition coefficient (Wildman–Crippen LogP) is -0.334. The van der Waals surface area contributed by atoms with Gasteiger partial charge in [-0.1, -0.05) is 0 Å². The van der Waals surface area contributed by atoms with Crippen LogP contribution in [0.4, 0.5) is 0 Å². The number of carbonyl (C=O) groups excluding carboxylic acids is 1. The molecule has 0 bridgehead atoms. The minimum Gasteiger partial charge on any atom is -0.458 e. The SMILES string of the molecule is CC(=O)O[C@H]1COCC[C@@H]1N. The van der Waals surface area contributed by atoms with Crippen LogP contribution in [0.15, 0.2) is 0 Å². The second kappa shape index (κ2) is 3.69. The molecule has 11 heavy (non-hydrogen) atoms. The molecule has 64 valence electrons. The molecule has 0 aromatic heterocycles. The molecule has 4 nitrogen and oxygen atoms in total. The van der Waals surface area contributed by atoms with E-state index < -0.39 is 0 Å². The van der Waals surface area contributed by atoms with Crippen LogP contribution < -0.4 is 5.73 Å². The Hall–Kier alpha value is -0.610. The molecule has 1 fully saturated rings. The summed E-state index contributed by atoms with van der Waals surface area (Å²) < 4.78 is 10.0. The number of hydrogen-bond acceptors (Lipinski definition) is 4. The van der Waals surface area contributed by atoms with Gasteiger partial charge in [-0.3, -0.25) is 4.79 Å². The molecule has 0 spiro atoms. The molecule has 1 aliphatic heterocycles. The summed E-state index contributed by atoms with van der Waals surface area (Å²) in [6.45, 7) is 2.47. The number of ether oxygens (including phenoxy) is 2. The summed E-state index contributed by atoms with van der Waals surface area (Å²) in [6.07, 6.45) is 0.513. The van der Waals surface area contributed by atoms with Crippen molar-refractivity contribution < 1.29 is 14.3 Å². The lowest BCUT2D eigenvalue weighted by Crippen LogP contribution is -2.45. The Labute approximate surface area is 65.7 Å². The first kappa shape index (κ1) is 8.49. The second-order valence-corrected chi connectivity index (χ2v) is 2.68. The van der Waals surface area contributed by atoms with E-state index in [1.807, 2.05) is 0 Å². The molecule has 0 aliphatic carbocycles. The molecule has 1 saturated heterocycles. The highest BCUT2D eigenvalue weighted by atomic mass is 16.6. The molecule has 1 rings (SSSR count). The van der Waals surface area contributed by atoms with E-state index in [2.05, 4.69) is 0 Å². The second-order valence-electron chi connectivity index (χ2n) is 2.68. The molecule has 1 aliphatic rings. The Bertz CT molecular complexity index is 149. The van der Waals surface area contributed by atoms with Crippen molar-refractivity contribution in [3.8, 4) is 0 Å². The van der Waals surface area contributed by atoms with Crippen molar-refractivity contribution in [2.75, 3.05) is 13.2 Å². The number of hydrogen-bond donors (Lipinski definition) is 1. The molecular formula is C7H13NO3. The van der Waals surface area contributed by atoms with Crippen LogP contribution in [0, 0.1) is 0 Å². The lowest BCUT2D eigenvalue weighted by molar-refractivity contribution is -0.154. The predicted molar refractivity (Wildman–Crippen MR) is 39.0 cm³/mol. The average Bonchev–Trinajstić information content (AvgIpc) is 1.93. The van der Waals surface area contributed by atoms with Crippen molar-refractivity contribution in [1.82, 2.24) is 0 Å². The van der Waals surface area contributed by atoms with Gasteiger partial charge in [0.05, 0.1) is 6.61 Å². The van der Waals surface area contributed by atoms with Crippen LogP contribution >= 0.6 is 0 Å². The van der Waals surface area contributed by atoms with Gasteiger partial charge in [-0.25, -0.2) is 0 Å². The maximum absolute atomic E-state index is 10.5. The van der Waals surface area contributed by atoms with E-state index in [1.54, 1.807) is 0 Å². The summed E-state index contributed by atoms with van der Waals surface area (Å²) in [6, 6.07) is -0.0624. The van der Waals surface area contributed by atoms with Gasteiger partial charge in [-0.05, 0) is 6.42 Å². The summed E-state index contributed by atoms with van der Waals surface area (Å²) in [4.78, 5) is 10.5. The Kier molecular flexibility index (Phi) is 2.84. The number of esters is 1. The van der Waals surface area contributed by atoms with Crippen LogP contribution in [0.5, 0.6) is 0 Å². The average molecular weight is 159 g/mol. The molecule has 2 atom stereocenters. The standard InChI is InChI=1S/C7H13NO3/c1-5(9)11-7-4-10-3-2-6(7)8/h6-7H,2-4,8H2,1H3/t6-,7-/m0/s1. The summed E-state index contributed by atoms with van der Waals surface area (Å²) in [5, 5.41) is 0. The normalized spacial score (nSPS) is 31.5. The zero-order valence-electron chi connectivity index (χ0n) is 6.58. The van der Waals surface area contributed by atoms with Crippen LogP contribution in [0.1, 0.15) is 13.3 Å². The van der Waals surface area contributed by atoms with E-state index in [1.165, 1.54) is 6.92 Å². The third-order valence-corrected chi connectivity index (χ3v) is 1.67. The zero-order valence-corrected chi connectivity index (χ0v) is 6.58. The van der Waals surface area contributed by atoms with E-state index in [4.69, 9.17) is 15.2 Å². The smallest absolute Gasteiger partial charge is 0.303 e. The maximum Gasteiger partial charge on any atom is 0.303 e. The Balaban J connectivity index is 2.35. The van der Waals surface area contributed by atoms with Crippen molar-refractivity contribution in [2.45, 2.75) is 25.5 Å². The molecule has 0 unspecified atom stereocenters. The lowest BCUT2D eigenvalue weighted by Gasteiger charge is -2.27. The number of carbonyl (C=O) groups is 1. The van der Waals surface area contributed by atoms with Gasteiger partial charge in [-0.2, -0.15) is 0 Å². The summed E-state index contributed by atoms with van der Waals surface area (Å²) in [7, 11) is 0. The molecule has 0 radical (unpaired) electrons. The van der Waals surface area contributed by atoms with Crippen molar-refractivity contribution in [3.05, 3.63) is 0 Å². The minimum absolute atomic E-state index is 0.0624. The first-order chi connectivity index (χ1) is 5.20. The molecule has 0 saturated carbocycles. The van der Waals surface area contributed by atoms with Crippen molar-refractivity contribution in [1.29, 1.82) is 0 Å². The van der Waals surface area contributed by atoms with E-state index >= 15 is 0 Å². The fraction of sp³-hybridized carbons (Fsp3) is 0.857. The molecule has 2 N–H and O–H groups in total. The van der Waals surface area contributed by atoms with Gasteiger partial charge in [0.2, 0.25) is 0 Å². The summed E-state index contributed by atoms with van der Waals surface area (Å²) >= 11 is 0. The van der Waals surface area contributed by atoms with Crippen LogP contribution in [0.2, 0.25) is 0 Å². The Morgan fingerprint density at radius 1 is 1.73 bits per heavy atom. The first-order valence-corrected chi connectivity index (χ1v) is 3.70. The molecule has 4 heteroatoms. The van der Waals surface area contributed by atoms with Crippen LogP contribution in [0.25, 0.3) is 0 Å². The number of rotatable bonds is 1. The van der Waals surface area contributed by atoms with Crippen molar-refractivity contribution >= 4 is 5.97 Å². The van der Waals surface area contributed by atoms with Gasteiger partial charge < -0.3 is 15.2 Å². The number of nitrogens with two attached hydrogens (primary N) is 1. The van der Waals surface area contributed by atoms with Gasteiger partial charge in [0, 0.05) is 19.6 Å². The largest absolute Gasteiger partial charge is 0.458 e. The van der Waals surface area contributed by atoms with E-state index in [9.17, 15) is 4.79 Å². The monoisotopic (exact) mass is 159 g/mol.